The lowest BCUT2D eigenvalue weighted by molar-refractivity contribution is 0.107. The fraction of sp³-hybridized carbons (Fsp3) is 0.500. The van der Waals surface area contributed by atoms with Crippen LogP contribution in [0.15, 0.2) is 30.3 Å². The highest BCUT2D eigenvalue weighted by Crippen LogP contribution is 2.40. The van der Waals surface area contributed by atoms with Crippen LogP contribution in [0.5, 0.6) is 0 Å². The fourth-order valence-corrected chi connectivity index (χ4v) is 4.21. The molecule has 0 bridgehead atoms. The van der Waals surface area contributed by atoms with Crippen LogP contribution in [0.2, 0.25) is 0 Å². The van der Waals surface area contributed by atoms with E-state index in [1.54, 1.807) is 12.1 Å². The minimum Gasteiger partial charge on any atom is -0.318 e. The van der Waals surface area contributed by atoms with Gasteiger partial charge >= 0.3 is 0 Å². The molecule has 1 aromatic carbocycles. The number of hydrogen-bond donors (Lipinski definition) is 0. The van der Waals surface area contributed by atoms with E-state index in [9.17, 15) is 9.36 Å². The smallest absolute Gasteiger partial charge is 0.218 e. The molecule has 1 fully saturated rings. The van der Waals surface area contributed by atoms with Gasteiger partial charge in [-0.05, 0) is 12.8 Å². The molecule has 0 spiro atoms. The van der Waals surface area contributed by atoms with E-state index in [-0.39, 0.29) is 11.2 Å². The second-order valence-electron chi connectivity index (χ2n) is 4.75. The standard InChI is InChI=1S/C14H19O2P/c15-14(12-8-4-3-5-9-12)17(16)13-10-6-1-2-7-11-13/h3-5,8-9,13,17H,1-2,6-7,10-11H2. The van der Waals surface area contributed by atoms with Gasteiger partial charge in [-0.2, -0.15) is 0 Å². The molecule has 0 aromatic heterocycles. The molecular weight excluding hydrogens is 231 g/mol. The summed E-state index contributed by atoms with van der Waals surface area (Å²) in [4.78, 5) is 12.1. The van der Waals surface area contributed by atoms with Crippen LogP contribution in [0.25, 0.3) is 0 Å². The molecule has 2 rings (SSSR count). The average Bonchev–Trinajstić information content (AvgIpc) is 2.67. The van der Waals surface area contributed by atoms with Crippen LogP contribution >= 0.6 is 7.80 Å². The molecular formula is C14H19O2P. The van der Waals surface area contributed by atoms with Crippen molar-refractivity contribution in [2.24, 2.45) is 0 Å². The first-order valence-corrected chi connectivity index (χ1v) is 7.91. The number of carbonyl (C=O) groups is 1. The minimum absolute atomic E-state index is 0.123. The summed E-state index contributed by atoms with van der Waals surface area (Å²) in [7, 11) is -2.13. The first-order chi connectivity index (χ1) is 8.29. The maximum absolute atomic E-state index is 12.3. The fourth-order valence-electron chi connectivity index (χ4n) is 2.46. The van der Waals surface area contributed by atoms with Crippen LogP contribution < -0.4 is 0 Å². The number of benzene rings is 1. The highest BCUT2D eigenvalue weighted by atomic mass is 31.1. The molecule has 0 aliphatic heterocycles. The van der Waals surface area contributed by atoms with Crippen molar-refractivity contribution in [1.82, 2.24) is 0 Å². The monoisotopic (exact) mass is 250 g/mol. The maximum Gasteiger partial charge on any atom is 0.218 e. The van der Waals surface area contributed by atoms with E-state index in [0.717, 1.165) is 25.7 Å². The van der Waals surface area contributed by atoms with Crippen molar-refractivity contribution < 1.29 is 9.36 Å². The number of rotatable bonds is 3. The van der Waals surface area contributed by atoms with Crippen molar-refractivity contribution in [2.45, 2.75) is 44.2 Å². The van der Waals surface area contributed by atoms with Gasteiger partial charge in [0.25, 0.3) is 0 Å². The molecule has 0 amide bonds. The minimum atomic E-state index is -2.13. The van der Waals surface area contributed by atoms with Crippen LogP contribution in [-0.4, -0.2) is 11.2 Å². The van der Waals surface area contributed by atoms with Crippen LogP contribution in [0.4, 0.5) is 0 Å². The van der Waals surface area contributed by atoms with Gasteiger partial charge < -0.3 is 4.57 Å². The molecule has 1 unspecified atom stereocenters. The van der Waals surface area contributed by atoms with Gasteiger partial charge in [0.2, 0.25) is 5.52 Å². The summed E-state index contributed by atoms with van der Waals surface area (Å²) in [6, 6.07) is 9.06. The Labute approximate surface area is 103 Å². The molecule has 0 radical (unpaired) electrons. The summed E-state index contributed by atoms with van der Waals surface area (Å²) in [5.74, 6) is 0. The lowest BCUT2D eigenvalue weighted by Crippen LogP contribution is -2.06. The Balaban J connectivity index is 2.06. The molecule has 1 aromatic rings. The molecule has 0 saturated heterocycles. The largest absolute Gasteiger partial charge is 0.318 e. The molecule has 0 N–H and O–H groups in total. The first kappa shape index (κ1) is 12.6. The van der Waals surface area contributed by atoms with E-state index in [4.69, 9.17) is 0 Å². The van der Waals surface area contributed by atoms with Gasteiger partial charge in [0, 0.05) is 11.2 Å². The quantitative estimate of drug-likeness (QED) is 0.597. The van der Waals surface area contributed by atoms with Crippen molar-refractivity contribution in [1.29, 1.82) is 0 Å². The van der Waals surface area contributed by atoms with Crippen LogP contribution in [0, 0.1) is 0 Å². The van der Waals surface area contributed by atoms with Gasteiger partial charge in [-0.3, -0.25) is 4.79 Å². The Morgan fingerprint density at radius 3 is 2.18 bits per heavy atom. The Hall–Kier alpha value is -0.880. The van der Waals surface area contributed by atoms with Crippen molar-refractivity contribution in [3.8, 4) is 0 Å². The Morgan fingerprint density at radius 2 is 1.59 bits per heavy atom. The topological polar surface area (TPSA) is 34.1 Å². The summed E-state index contributed by atoms with van der Waals surface area (Å²) in [5, 5.41) is 0. The summed E-state index contributed by atoms with van der Waals surface area (Å²) in [6.45, 7) is 0. The van der Waals surface area contributed by atoms with E-state index < -0.39 is 7.80 Å². The molecule has 1 atom stereocenters. The summed E-state index contributed by atoms with van der Waals surface area (Å²) >= 11 is 0. The van der Waals surface area contributed by atoms with Gasteiger partial charge in [0.1, 0.15) is 7.80 Å². The third kappa shape index (κ3) is 3.29. The van der Waals surface area contributed by atoms with Gasteiger partial charge in [-0.15, -0.1) is 0 Å². The summed E-state index contributed by atoms with van der Waals surface area (Å²) in [5.41, 5.74) is 0.637. The molecule has 92 valence electrons. The average molecular weight is 250 g/mol. The van der Waals surface area contributed by atoms with Crippen LogP contribution in [0.3, 0.4) is 0 Å². The maximum atomic E-state index is 12.3. The normalized spacial score (nSPS) is 19.5. The Kier molecular flexibility index (Phi) is 4.56. The molecule has 17 heavy (non-hydrogen) atoms. The molecule has 3 heteroatoms. The molecule has 1 aliphatic carbocycles. The predicted octanol–water partition coefficient (Wildman–Crippen LogP) is 4.11. The predicted molar refractivity (Wildman–Crippen MR) is 71.3 cm³/mol. The van der Waals surface area contributed by atoms with Gasteiger partial charge in [-0.1, -0.05) is 56.0 Å². The number of hydrogen-bond acceptors (Lipinski definition) is 2. The van der Waals surface area contributed by atoms with E-state index >= 15 is 0 Å². The summed E-state index contributed by atoms with van der Waals surface area (Å²) in [6.07, 6.45) is 6.65. The number of carbonyl (C=O) groups excluding carboxylic acids is 1. The highest BCUT2D eigenvalue weighted by molar-refractivity contribution is 7.65. The Bertz CT molecular complexity index is 392. The molecule has 0 heterocycles. The van der Waals surface area contributed by atoms with Gasteiger partial charge in [0.15, 0.2) is 0 Å². The molecule has 2 nitrogen and oxygen atoms in total. The van der Waals surface area contributed by atoms with Crippen LogP contribution in [-0.2, 0) is 4.57 Å². The second-order valence-corrected chi connectivity index (χ2v) is 6.75. The highest BCUT2D eigenvalue weighted by Gasteiger charge is 2.24. The first-order valence-electron chi connectivity index (χ1n) is 6.42. The molecule has 1 saturated carbocycles. The van der Waals surface area contributed by atoms with E-state index in [1.807, 2.05) is 18.2 Å². The van der Waals surface area contributed by atoms with Crippen molar-refractivity contribution in [3.05, 3.63) is 35.9 Å². The SMILES string of the molecule is O=C(c1ccccc1)[PH](=O)C1CCCCCC1. The third-order valence-electron chi connectivity index (χ3n) is 3.49. The van der Waals surface area contributed by atoms with Gasteiger partial charge in [-0.25, -0.2) is 0 Å². The lowest BCUT2D eigenvalue weighted by atomic mass is 10.2. The second kappa shape index (κ2) is 6.16. The lowest BCUT2D eigenvalue weighted by Gasteiger charge is -2.12. The van der Waals surface area contributed by atoms with Crippen molar-refractivity contribution in [2.75, 3.05) is 0 Å². The zero-order valence-corrected chi connectivity index (χ0v) is 11.0. The van der Waals surface area contributed by atoms with Crippen LogP contribution in [0.1, 0.15) is 48.9 Å². The van der Waals surface area contributed by atoms with E-state index in [0.29, 0.717) is 5.56 Å². The van der Waals surface area contributed by atoms with Gasteiger partial charge in [0.05, 0.1) is 0 Å². The Morgan fingerprint density at radius 1 is 1.00 bits per heavy atom. The van der Waals surface area contributed by atoms with Crippen molar-refractivity contribution >= 4 is 13.3 Å². The van der Waals surface area contributed by atoms with Crippen molar-refractivity contribution in [3.63, 3.8) is 0 Å². The zero-order valence-electron chi connectivity index (χ0n) is 10.0. The zero-order chi connectivity index (χ0) is 12.1. The molecule has 1 aliphatic rings. The summed E-state index contributed by atoms with van der Waals surface area (Å²) < 4.78 is 12.3. The van der Waals surface area contributed by atoms with E-state index in [1.165, 1.54) is 12.8 Å². The third-order valence-corrected chi connectivity index (χ3v) is 5.54. The van der Waals surface area contributed by atoms with E-state index in [2.05, 4.69) is 0 Å².